The van der Waals surface area contributed by atoms with Gasteiger partial charge in [-0.05, 0) is 209 Å². The Morgan fingerprint density at radius 3 is 1.42 bits per heavy atom. The van der Waals surface area contributed by atoms with Crippen molar-refractivity contribution in [1.29, 1.82) is 0 Å². The maximum absolute atomic E-state index is 14.8. The number of carbonyl (C=O) groups is 5. The SMILES string of the molecule is CCC1(C(=O)OC(=O)/C=C(\OC(=O)C2CC3C=CC2C3)C(=O)OC(=O)C2(CC)C3C=CC(C3)C2C2C3CC4CC(C3)CC2C4)C2C=CC(C2)C1C1C2CC3CC(C2)CC1C3. The van der Waals surface area contributed by atoms with Gasteiger partial charge in [-0.15, -0.1) is 0 Å². The van der Waals surface area contributed by atoms with Crippen LogP contribution in [0.25, 0.3) is 0 Å². The highest BCUT2D eigenvalue weighted by Gasteiger charge is 2.68. The number of carbonyl (C=O) groups excluding carboxylic acids is 5. The Morgan fingerprint density at radius 1 is 0.517 bits per heavy atom. The average Bonchev–Trinajstić information content (AvgIpc) is 4.09. The van der Waals surface area contributed by atoms with Crippen molar-refractivity contribution >= 4 is 29.8 Å². The molecule has 8 heteroatoms. The monoisotopic (exact) mass is 816 g/mol. The molecular weight excluding hydrogens is 753 g/mol. The summed E-state index contributed by atoms with van der Waals surface area (Å²) in [7, 11) is 0. The predicted molar refractivity (Wildman–Crippen MR) is 220 cm³/mol. The molecule has 0 N–H and O–H groups in total. The summed E-state index contributed by atoms with van der Waals surface area (Å²) in [6.07, 6.45) is 31.0. The lowest BCUT2D eigenvalue weighted by molar-refractivity contribution is -0.179. The highest BCUT2D eigenvalue weighted by molar-refractivity contribution is 6.04. The fourth-order valence-corrected chi connectivity index (χ4v) is 19.2. The van der Waals surface area contributed by atoms with Gasteiger partial charge in [0.15, 0.2) is 0 Å². The van der Waals surface area contributed by atoms with Crippen LogP contribution in [0.1, 0.15) is 117 Å². The van der Waals surface area contributed by atoms with Gasteiger partial charge in [0.1, 0.15) is 0 Å². The van der Waals surface area contributed by atoms with Gasteiger partial charge in [-0.1, -0.05) is 50.3 Å². The Labute approximate surface area is 355 Å². The number of rotatable bonds is 10. The third kappa shape index (κ3) is 5.48. The average molecular weight is 817 g/mol. The molecule has 0 amide bonds. The summed E-state index contributed by atoms with van der Waals surface area (Å²) in [5.41, 5.74) is -1.70. The molecule has 11 saturated carbocycles. The minimum atomic E-state index is -1.15. The van der Waals surface area contributed by atoms with E-state index >= 15 is 0 Å². The zero-order chi connectivity index (χ0) is 40.8. The van der Waals surface area contributed by atoms with E-state index in [0.29, 0.717) is 60.7 Å². The molecule has 14 rings (SSSR count). The van der Waals surface area contributed by atoms with Gasteiger partial charge in [0.25, 0.3) is 0 Å². The summed E-state index contributed by atoms with van der Waals surface area (Å²) in [5.74, 6) is 2.49. The van der Waals surface area contributed by atoms with Crippen LogP contribution in [0.3, 0.4) is 0 Å². The number of ether oxygens (including phenoxy) is 3. The van der Waals surface area contributed by atoms with E-state index in [9.17, 15) is 24.0 Å². The molecule has 11 unspecified atom stereocenters. The minimum Gasteiger partial charge on any atom is -0.418 e. The molecule has 0 heterocycles. The lowest BCUT2D eigenvalue weighted by Gasteiger charge is -2.59. The van der Waals surface area contributed by atoms with Crippen molar-refractivity contribution in [2.24, 2.45) is 123 Å². The van der Waals surface area contributed by atoms with Gasteiger partial charge in [0.2, 0.25) is 5.76 Å². The standard InChI is InChI=1S/C52H64O8/c1-3-51(38-9-7-32(23-38)45(51)43-34-14-27-11-28(16-34)17-35(43)15-27)49(56)59-42(53)25-41(58-47(54)40-22-26-5-6-31(40)13-26)48(55)60-50(57)52(4-2)39-10-8-33(24-39)46(52)44-36-18-29-12-30(20-36)21-37(44)19-29/h5-10,25-40,43-46H,3-4,11-24H2,1-2H3/b41-25-. The zero-order valence-electron chi connectivity index (χ0n) is 35.6. The van der Waals surface area contributed by atoms with Crippen molar-refractivity contribution in [2.45, 2.75) is 117 Å². The molecule has 0 aliphatic heterocycles. The van der Waals surface area contributed by atoms with E-state index in [1.54, 1.807) is 0 Å². The molecule has 60 heavy (non-hydrogen) atoms. The normalized spacial score (nSPS) is 51.2. The lowest BCUT2D eigenvalue weighted by atomic mass is 9.46. The molecule has 0 aromatic rings. The summed E-state index contributed by atoms with van der Waals surface area (Å²) in [4.78, 5) is 71.9. The first-order chi connectivity index (χ1) is 29.1. The van der Waals surface area contributed by atoms with Gasteiger partial charge >= 0.3 is 29.8 Å². The van der Waals surface area contributed by atoms with Crippen LogP contribution in [0.5, 0.6) is 0 Å². The Bertz CT molecular complexity index is 1950. The predicted octanol–water partition coefficient (Wildman–Crippen LogP) is 9.35. The number of esters is 5. The molecule has 14 aliphatic rings. The minimum absolute atomic E-state index is 0.00164. The van der Waals surface area contributed by atoms with Crippen molar-refractivity contribution in [1.82, 2.24) is 0 Å². The van der Waals surface area contributed by atoms with Gasteiger partial charge in [-0.2, -0.15) is 0 Å². The second-order valence-corrected chi connectivity index (χ2v) is 22.8. The van der Waals surface area contributed by atoms with Gasteiger partial charge in [-0.25, -0.2) is 9.59 Å². The van der Waals surface area contributed by atoms with E-state index in [1.807, 2.05) is 6.08 Å². The highest BCUT2D eigenvalue weighted by atomic mass is 16.6. The van der Waals surface area contributed by atoms with Gasteiger partial charge in [0, 0.05) is 0 Å². The van der Waals surface area contributed by atoms with Crippen LogP contribution in [0.15, 0.2) is 48.3 Å². The molecule has 320 valence electrons. The molecule has 14 bridgehead atoms. The third-order valence-corrected chi connectivity index (χ3v) is 20.6. The zero-order valence-corrected chi connectivity index (χ0v) is 35.6. The van der Waals surface area contributed by atoms with Crippen LogP contribution in [0, 0.1) is 123 Å². The maximum atomic E-state index is 14.8. The Hall–Kier alpha value is -3.29. The van der Waals surface area contributed by atoms with Crippen molar-refractivity contribution in [3.8, 4) is 0 Å². The summed E-state index contributed by atoms with van der Waals surface area (Å²) in [6.45, 7) is 4.11. The fourth-order valence-electron chi connectivity index (χ4n) is 19.2. The summed E-state index contributed by atoms with van der Waals surface area (Å²) in [6, 6.07) is 0. The third-order valence-electron chi connectivity index (χ3n) is 20.6. The Morgan fingerprint density at radius 2 is 0.983 bits per heavy atom. The molecular formula is C52H64O8. The van der Waals surface area contributed by atoms with E-state index in [0.717, 1.165) is 49.0 Å². The fraction of sp³-hybridized carbons (Fsp3) is 0.750. The van der Waals surface area contributed by atoms with Crippen molar-refractivity contribution in [2.75, 3.05) is 0 Å². The molecule has 11 atom stereocenters. The first-order valence-corrected chi connectivity index (χ1v) is 24.6. The number of fused-ring (bicyclic) bond motifs is 6. The second-order valence-electron chi connectivity index (χ2n) is 22.8. The van der Waals surface area contributed by atoms with E-state index in [1.165, 1.54) is 64.2 Å². The number of hydrogen-bond acceptors (Lipinski definition) is 8. The van der Waals surface area contributed by atoms with E-state index in [2.05, 4.69) is 44.2 Å². The quantitative estimate of drug-likeness (QED) is 0.0536. The Balaban J connectivity index is 0.822. The largest absolute Gasteiger partial charge is 0.418 e. The molecule has 14 aliphatic carbocycles. The molecule has 8 nitrogen and oxygen atoms in total. The van der Waals surface area contributed by atoms with Crippen LogP contribution in [-0.4, -0.2) is 29.8 Å². The van der Waals surface area contributed by atoms with Crippen molar-refractivity contribution in [3.63, 3.8) is 0 Å². The van der Waals surface area contributed by atoms with Crippen LogP contribution >= 0.6 is 0 Å². The van der Waals surface area contributed by atoms with Crippen LogP contribution in [0.2, 0.25) is 0 Å². The van der Waals surface area contributed by atoms with Crippen molar-refractivity contribution < 1.29 is 38.2 Å². The van der Waals surface area contributed by atoms with Gasteiger partial charge < -0.3 is 14.2 Å². The molecule has 11 fully saturated rings. The van der Waals surface area contributed by atoms with Crippen LogP contribution in [-0.2, 0) is 38.2 Å². The summed E-state index contributed by atoms with van der Waals surface area (Å²) < 4.78 is 17.6. The van der Waals surface area contributed by atoms with Crippen molar-refractivity contribution in [3.05, 3.63) is 48.3 Å². The maximum Gasteiger partial charge on any atom is 0.382 e. The highest BCUT2D eigenvalue weighted by Crippen LogP contribution is 2.70. The van der Waals surface area contributed by atoms with Gasteiger partial charge in [-0.3, -0.25) is 14.4 Å². The first-order valence-electron chi connectivity index (χ1n) is 24.6. The Kier molecular flexibility index (Phi) is 8.86. The van der Waals surface area contributed by atoms with E-state index in [-0.39, 0.29) is 41.4 Å². The molecule has 0 radical (unpaired) electrons. The summed E-state index contributed by atoms with van der Waals surface area (Å²) in [5, 5.41) is 0. The summed E-state index contributed by atoms with van der Waals surface area (Å²) >= 11 is 0. The van der Waals surface area contributed by atoms with E-state index in [4.69, 9.17) is 14.2 Å². The second kappa shape index (κ2) is 13.9. The van der Waals surface area contributed by atoms with Crippen LogP contribution in [0.4, 0.5) is 0 Å². The first kappa shape index (κ1) is 38.4. The molecule has 0 saturated heterocycles. The van der Waals surface area contributed by atoms with E-state index < -0.39 is 52.4 Å². The number of hydrogen-bond donors (Lipinski definition) is 0. The smallest absolute Gasteiger partial charge is 0.382 e. The van der Waals surface area contributed by atoms with Crippen LogP contribution < -0.4 is 0 Å². The number of allylic oxidation sites excluding steroid dienone is 6. The molecule has 0 aromatic carbocycles. The topological polar surface area (TPSA) is 113 Å². The molecule has 0 aromatic heterocycles. The lowest BCUT2D eigenvalue weighted by Crippen LogP contribution is -2.54. The molecule has 0 spiro atoms. The van der Waals surface area contributed by atoms with Gasteiger partial charge in [0.05, 0.1) is 22.8 Å².